The molecule has 106 valence electrons. The van der Waals surface area contributed by atoms with Gasteiger partial charge in [0.2, 0.25) is 5.88 Å². The van der Waals surface area contributed by atoms with Gasteiger partial charge < -0.3 is 15.8 Å². The molecule has 19 heavy (non-hydrogen) atoms. The fourth-order valence-electron chi connectivity index (χ4n) is 2.92. The van der Waals surface area contributed by atoms with Crippen molar-refractivity contribution in [1.82, 2.24) is 9.97 Å². The summed E-state index contributed by atoms with van der Waals surface area (Å²) in [5.41, 5.74) is 6.00. The number of aryl methyl sites for hydroxylation is 1. The summed E-state index contributed by atoms with van der Waals surface area (Å²) in [4.78, 5) is 8.65. The second-order valence-electron chi connectivity index (χ2n) is 5.47. The molecule has 5 heteroatoms. The smallest absolute Gasteiger partial charge is 0.218 e. The van der Waals surface area contributed by atoms with E-state index in [9.17, 15) is 0 Å². The Bertz CT molecular complexity index is 437. The lowest BCUT2D eigenvalue weighted by Gasteiger charge is -2.43. The fourth-order valence-corrected chi connectivity index (χ4v) is 2.92. The predicted octanol–water partition coefficient (Wildman–Crippen LogP) is 2.11. The molecule has 0 spiro atoms. The van der Waals surface area contributed by atoms with Gasteiger partial charge in [-0.25, -0.2) is 4.98 Å². The molecule has 0 aromatic carbocycles. The highest BCUT2D eigenvalue weighted by Gasteiger charge is 2.37. The number of nitrogens with zero attached hydrogens (tertiary/aromatic N) is 2. The fraction of sp³-hybridized carbons (Fsp3) is 0.714. The summed E-state index contributed by atoms with van der Waals surface area (Å²) in [6, 6.07) is 1.84. The molecule has 2 atom stereocenters. The highest BCUT2D eigenvalue weighted by Crippen LogP contribution is 2.35. The van der Waals surface area contributed by atoms with Gasteiger partial charge >= 0.3 is 0 Å². The molecule has 1 saturated carbocycles. The number of nitrogens with two attached hydrogens (primary N) is 1. The zero-order chi connectivity index (χ0) is 13.9. The van der Waals surface area contributed by atoms with Crippen molar-refractivity contribution in [3.63, 3.8) is 0 Å². The monoisotopic (exact) mass is 264 g/mol. The van der Waals surface area contributed by atoms with Crippen LogP contribution in [0.15, 0.2) is 6.07 Å². The number of methoxy groups -OCH3 is 1. The Balaban J connectivity index is 2.24. The van der Waals surface area contributed by atoms with Crippen molar-refractivity contribution in [2.45, 2.75) is 45.1 Å². The third kappa shape index (κ3) is 2.97. The van der Waals surface area contributed by atoms with Gasteiger partial charge in [-0.15, -0.1) is 0 Å². The maximum Gasteiger partial charge on any atom is 0.218 e. The Morgan fingerprint density at radius 1 is 1.47 bits per heavy atom. The molecule has 1 fully saturated rings. The predicted molar refractivity (Wildman–Crippen MR) is 76.4 cm³/mol. The largest absolute Gasteiger partial charge is 0.481 e. The van der Waals surface area contributed by atoms with Crippen molar-refractivity contribution in [2.24, 2.45) is 11.7 Å². The van der Waals surface area contributed by atoms with Crippen molar-refractivity contribution in [1.29, 1.82) is 0 Å². The molecule has 1 aliphatic carbocycles. The molecule has 1 aromatic heterocycles. The SMILES string of the molecule is COc1cc(NC2(CN)CCCCC2C)nc(C)n1. The van der Waals surface area contributed by atoms with Crippen LogP contribution in [-0.4, -0.2) is 29.2 Å². The molecule has 2 unspecified atom stereocenters. The molecule has 1 aliphatic rings. The third-order valence-electron chi connectivity index (χ3n) is 4.22. The molecule has 0 radical (unpaired) electrons. The molecular formula is C14H24N4O. The van der Waals surface area contributed by atoms with Gasteiger partial charge in [0.25, 0.3) is 0 Å². The maximum absolute atomic E-state index is 6.05. The summed E-state index contributed by atoms with van der Waals surface area (Å²) in [6.45, 7) is 4.76. The van der Waals surface area contributed by atoms with Crippen LogP contribution < -0.4 is 15.8 Å². The van der Waals surface area contributed by atoms with Crippen molar-refractivity contribution in [2.75, 3.05) is 19.0 Å². The Morgan fingerprint density at radius 2 is 2.26 bits per heavy atom. The number of anilines is 1. The lowest BCUT2D eigenvalue weighted by atomic mass is 9.73. The minimum absolute atomic E-state index is 0.0515. The molecule has 2 rings (SSSR count). The van der Waals surface area contributed by atoms with Crippen LogP contribution in [0.1, 0.15) is 38.4 Å². The summed E-state index contributed by atoms with van der Waals surface area (Å²) in [6.07, 6.45) is 4.81. The zero-order valence-corrected chi connectivity index (χ0v) is 12.1. The van der Waals surface area contributed by atoms with Crippen LogP contribution in [0.3, 0.4) is 0 Å². The van der Waals surface area contributed by atoms with Crippen LogP contribution in [0.2, 0.25) is 0 Å². The molecule has 1 heterocycles. The molecular weight excluding hydrogens is 240 g/mol. The van der Waals surface area contributed by atoms with Crippen molar-refractivity contribution >= 4 is 5.82 Å². The second-order valence-corrected chi connectivity index (χ2v) is 5.47. The van der Waals surface area contributed by atoms with Crippen LogP contribution in [0.5, 0.6) is 5.88 Å². The molecule has 0 saturated heterocycles. The number of nitrogens with one attached hydrogen (secondary N) is 1. The van der Waals surface area contributed by atoms with E-state index in [1.54, 1.807) is 7.11 Å². The van der Waals surface area contributed by atoms with E-state index in [0.717, 1.165) is 12.2 Å². The topological polar surface area (TPSA) is 73.1 Å². The van der Waals surface area contributed by atoms with E-state index in [-0.39, 0.29) is 5.54 Å². The number of rotatable bonds is 4. The third-order valence-corrected chi connectivity index (χ3v) is 4.22. The zero-order valence-electron chi connectivity index (χ0n) is 12.1. The molecule has 0 aliphatic heterocycles. The molecule has 1 aromatic rings. The van der Waals surface area contributed by atoms with Crippen LogP contribution in [0, 0.1) is 12.8 Å². The van der Waals surface area contributed by atoms with Gasteiger partial charge in [0.1, 0.15) is 11.6 Å². The van der Waals surface area contributed by atoms with Crippen molar-refractivity contribution in [3.8, 4) is 5.88 Å². The van der Waals surface area contributed by atoms with E-state index in [1.807, 2.05) is 13.0 Å². The normalized spacial score (nSPS) is 27.1. The first-order valence-corrected chi connectivity index (χ1v) is 6.97. The van der Waals surface area contributed by atoms with E-state index in [1.165, 1.54) is 19.3 Å². The lowest BCUT2D eigenvalue weighted by molar-refractivity contribution is 0.235. The van der Waals surface area contributed by atoms with Gasteiger partial charge in [0.05, 0.1) is 12.6 Å². The highest BCUT2D eigenvalue weighted by molar-refractivity contribution is 5.42. The maximum atomic E-state index is 6.05. The average molecular weight is 264 g/mol. The van der Waals surface area contributed by atoms with E-state index in [2.05, 4.69) is 22.2 Å². The van der Waals surface area contributed by atoms with E-state index >= 15 is 0 Å². The summed E-state index contributed by atoms with van der Waals surface area (Å²) in [5.74, 6) is 2.65. The average Bonchev–Trinajstić information content (AvgIpc) is 2.41. The van der Waals surface area contributed by atoms with E-state index in [0.29, 0.717) is 24.2 Å². The first kappa shape index (κ1) is 14.1. The molecule has 5 nitrogen and oxygen atoms in total. The van der Waals surface area contributed by atoms with Crippen LogP contribution in [-0.2, 0) is 0 Å². The number of aromatic nitrogens is 2. The Hall–Kier alpha value is -1.36. The van der Waals surface area contributed by atoms with Gasteiger partial charge in [0, 0.05) is 12.6 Å². The van der Waals surface area contributed by atoms with Crippen LogP contribution in [0.25, 0.3) is 0 Å². The standard InChI is InChI=1S/C14H24N4O/c1-10-6-4-5-7-14(10,9-15)18-12-8-13(19-3)17-11(2)16-12/h8,10H,4-7,9,15H2,1-3H3,(H,16,17,18). The summed E-state index contributed by atoms with van der Waals surface area (Å²) in [7, 11) is 1.62. The molecule has 0 amide bonds. The first-order valence-electron chi connectivity index (χ1n) is 6.97. The minimum atomic E-state index is -0.0515. The van der Waals surface area contributed by atoms with Gasteiger partial charge in [-0.1, -0.05) is 19.8 Å². The van der Waals surface area contributed by atoms with Crippen molar-refractivity contribution < 1.29 is 4.74 Å². The lowest BCUT2D eigenvalue weighted by Crippen LogP contribution is -2.52. The quantitative estimate of drug-likeness (QED) is 0.871. The molecule has 3 N–H and O–H groups in total. The van der Waals surface area contributed by atoms with Gasteiger partial charge in [0.15, 0.2) is 0 Å². The minimum Gasteiger partial charge on any atom is -0.481 e. The number of ether oxygens (including phenoxy) is 1. The van der Waals surface area contributed by atoms with Gasteiger partial charge in [-0.05, 0) is 25.7 Å². The summed E-state index contributed by atoms with van der Waals surface area (Å²) >= 11 is 0. The van der Waals surface area contributed by atoms with Crippen LogP contribution in [0.4, 0.5) is 5.82 Å². The first-order chi connectivity index (χ1) is 9.09. The van der Waals surface area contributed by atoms with Crippen LogP contribution >= 0.6 is 0 Å². The van der Waals surface area contributed by atoms with Gasteiger partial charge in [-0.3, -0.25) is 0 Å². The number of hydrogen-bond donors (Lipinski definition) is 2. The van der Waals surface area contributed by atoms with Gasteiger partial charge in [-0.2, -0.15) is 4.98 Å². The Morgan fingerprint density at radius 3 is 2.89 bits per heavy atom. The summed E-state index contributed by atoms with van der Waals surface area (Å²) in [5, 5.41) is 3.55. The Labute approximate surface area is 115 Å². The highest BCUT2D eigenvalue weighted by atomic mass is 16.5. The Kier molecular flexibility index (Phi) is 4.24. The summed E-state index contributed by atoms with van der Waals surface area (Å²) < 4.78 is 5.20. The number of hydrogen-bond acceptors (Lipinski definition) is 5. The second kappa shape index (κ2) is 5.74. The van der Waals surface area contributed by atoms with E-state index < -0.39 is 0 Å². The van der Waals surface area contributed by atoms with E-state index in [4.69, 9.17) is 10.5 Å². The molecule has 0 bridgehead atoms. The van der Waals surface area contributed by atoms with Crippen molar-refractivity contribution in [3.05, 3.63) is 11.9 Å².